The molecule has 0 radical (unpaired) electrons. The van der Waals surface area contributed by atoms with Crippen LogP contribution in [0.1, 0.15) is 20.3 Å². The second-order valence-electron chi connectivity index (χ2n) is 4.46. The van der Waals surface area contributed by atoms with Crippen molar-refractivity contribution in [1.82, 2.24) is 10.2 Å². The summed E-state index contributed by atoms with van der Waals surface area (Å²) in [5.41, 5.74) is 5.75. The molecular formula is C11H23N3OS. The van der Waals surface area contributed by atoms with Gasteiger partial charge in [0.15, 0.2) is 0 Å². The van der Waals surface area contributed by atoms with Crippen LogP contribution >= 0.6 is 11.8 Å². The van der Waals surface area contributed by atoms with Gasteiger partial charge in [0.25, 0.3) is 0 Å². The van der Waals surface area contributed by atoms with Gasteiger partial charge in [0.05, 0.1) is 0 Å². The lowest BCUT2D eigenvalue weighted by Crippen LogP contribution is -2.47. The number of carbonyl (C=O) groups is 1. The van der Waals surface area contributed by atoms with E-state index in [0.717, 1.165) is 24.6 Å². The van der Waals surface area contributed by atoms with Crippen LogP contribution in [-0.4, -0.2) is 54.0 Å². The lowest BCUT2D eigenvalue weighted by atomic mass is 10.1. The minimum absolute atomic E-state index is 0.115. The fourth-order valence-corrected chi connectivity index (χ4v) is 2.83. The molecule has 1 aliphatic rings. The predicted octanol–water partition coefficient (Wildman–Crippen LogP) is 0.277. The smallest absolute Gasteiger partial charge is 0.221 e. The van der Waals surface area contributed by atoms with Gasteiger partial charge in [-0.15, -0.1) is 0 Å². The van der Waals surface area contributed by atoms with Crippen molar-refractivity contribution in [2.45, 2.75) is 32.4 Å². The third-order valence-electron chi connectivity index (χ3n) is 2.70. The fourth-order valence-electron chi connectivity index (χ4n) is 1.90. The molecule has 1 aliphatic heterocycles. The number of rotatable bonds is 5. The van der Waals surface area contributed by atoms with E-state index in [1.807, 2.05) is 25.6 Å². The standard InChI is InChI=1S/C11H23N3OS/c1-9(2)13-11(15)7-10(8-12)14-3-5-16-6-4-14/h9-10H,3-8,12H2,1-2H3,(H,13,15). The van der Waals surface area contributed by atoms with E-state index in [-0.39, 0.29) is 18.0 Å². The molecule has 0 bridgehead atoms. The maximum atomic E-state index is 11.7. The highest BCUT2D eigenvalue weighted by Crippen LogP contribution is 2.13. The quantitative estimate of drug-likeness (QED) is 0.730. The van der Waals surface area contributed by atoms with Gasteiger partial charge in [0.1, 0.15) is 0 Å². The first-order chi connectivity index (χ1) is 7.63. The first kappa shape index (κ1) is 13.8. The van der Waals surface area contributed by atoms with E-state index in [9.17, 15) is 4.79 Å². The summed E-state index contributed by atoms with van der Waals surface area (Å²) in [6.07, 6.45) is 0.527. The van der Waals surface area contributed by atoms with E-state index in [1.54, 1.807) is 0 Å². The lowest BCUT2D eigenvalue weighted by molar-refractivity contribution is -0.122. The van der Waals surface area contributed by atoms with Gasteiger partial charge in [-0.2, -0.15) is 11.8 Å². The van der Waals surface area contributed by atoms with Crippen LogP contribution in [0.4, 0.5) is 0 Å². The van der Waals surface area contributed by atoms with Crippen molar-refractivity contribution in [2.75, 3.05) is 31.1 Å². The van der Waals surface area contributed by atoms with Gasteiger partial charge in [0, 0.05) is 49.6 Å². The molecule has 1 atom stereocenters. The van der Waals surface area contributed by atoms with Gasteiger partial charge in [-0.25, -0.2) is 0 Å². The van der Waals surface area contributed by atoms with E-state index in [4.69, 9.17) is 5.73 Å². The Kier molecular flexibility index (Phi) is 6.16. The molecule has 1 rings (SSSR count). The molecule has 1 unspecified atom stereocenters. The monoisotopic (exact) mass is 245 g/mol. The van der Waals surface area contributed by atoms with Crippen molar-refractivity contribution in [3.05, 3.63) is 0 Å². The summed E-state index contributed by atoms with van der Waals surface area (Å²) in [6.45, 7) is 6.64. The number of amides is 1. The van der Waals surface area contributed by atoms with Crippen molar-refractivity contribution in [3.8, 4) is 0 Å². The van der Waals surface area contributed by atoms with Crippen LogP contribution in [0.25, 0.3) is 0 Å². The zero-order valence-corrected chi connectivity index (χ0v) is 11.1. The topological polar surface area (TPSA) is 58.4 Å². The highest BCUT2D eigenvalue weighted by Gasteiger charge is 2.22. The Bertz CT molecular complexity index is 217. The molecule has 0 aromatic heterocycles. The van der Waals surface area contributed by atoms with Crippen molar-refractivity contribution < 1.29 is 4.79 Å². The number of nitrogens with zero attached hydrogens (tertiary/aromatic N) is 1. The summed E-state index contributed by atoms with van der Waals surface area (Å²) in [5.74, 6) is 2.42. The molecule has 94 valence electrons. The molecule has 1 amide bonds. The Labute approximate surface area is 102 Å². The average molecular weight is 245 g/mol. The van der Waals surface area contributed by atoms with Crippen LogP contribution in [0.3, 0.4) is 0 Å². The number of hydrogen-bond acceptors (Lipinski definition) is 4. The Morgan fingerprint density at radius 1 is 1.44 bits per heavy atom. The third-order valence-corrected chi connectivity index (χ3v) is 3.65. The van der Waals surface area contributed by atoms with Crippen LogP contribution in [0.15, 0.2) is 0 Å². The first-order valence-electron chi connectivity index (χ1n) is 5.94. The molecule has 0 aliphatic carbocycles. The molecule has 1 saturated heterocycles. The van der Waals surface area contributed by atoms with E-state index in [1.165, 1.54) is 0 Å². The molecule has 1 fully saturated rings. The normalized spacial score (nSPS) is 19.8. The van der Waals surface area contributed by atoms with Gasteiger partial charge in [-0.05, 0) is 13.8 Å². The van der Waals surface area contributed by atoms with Gasteiger partial charge in [-0.3, -0.25) is 9.69 Å². The molecule has 16 heavy (non-hydrogen) atoms. The second-order valence-corrected chi connectivity index (χ2v) is 5.69. The maximum absolute atomic E-state index is 11.7. The highest BCUT2D eigenvalue weighted by molar-refractivity contribution is 7.99. The highest BCUT2D eigenvalue weighted by atomic mass is 32.2. The van der Waals surface area contributed by atoms with Gasteiger partial charge < -0.3 is 11.1 Å². The van der Waals surface area contributed by atoms with Gasteiger partial charge >= 0.3 is 0 Å². The summed E-state index contributed by atoms with van der Waals surface area (Å²) in [4.78, 5) is 14.0. The summed E-state index contributed by atoms with van der Waals surface area (Å²) in [5, 5.41) is 2.92. The van der Waals surface area contributed by atoms with Crippen molar-refractivity contribution in [2.24, 2.45) is 5.73 Å². The fraction of sp³-hybridized carbons (Fsp3) is 0.909. The Morgan fingerprint density at radius 3 is 2.56 bits per heavy atom. The maximum Gasteiger partial charge on any atom is 0.221 e. The number of hydrogen-bond donors (Lipinski definition) is 2. The van der Waals surface area contributed by atoms with E-state index >= 15 is 0 Å². The number of thioether (sulfide) groups is 1. The first-order valence-corrected chi connectivity index (χ1v) is 7.10. The summed E-state index contributed by atoms with van der Waals surface area (Å²) < 4.78 is 0. The van der Waals surface area contributed by atoms with E-state index in [0.29, 0.717) is 13.0 Å². The largest absolute Gasteiger partial charge is 0.354 e. The van der Waals surface area contributed by atoms with E-state index < -0.39 is 0 Å². The van der Waals surface area contributed by atoms with Gasteiger partial charge in [0.2, 0.25) is 5.91 Å². The van der Waals surface area contributed by atoms with Gasteiger partial charge in [-0.1, -0.05) is 0 Å². The average Bonchev–Trinajstić information content (AvgIpc) is 2.26. The molecule has 4 nitrogen and oxygen atoms in total. The zero-order valence-electron chi connectivity index (χ0n) is 10.2. The molecule has 3 N–H and O–H groups in total. The molecule has 0 aromatic rings. The summed E-state index contributed by atoms with van der Waals surface area (Å²) in [7, 11) is 0. The van der Waals surface area contributed by atoms with Crippen molar-refractivity contribution >= 4 is 17.7 Å². The molecule has 0 aromatic carbocycles. The SMILES string of the molecule is CC(C)NC(=O)CC(CN)N1CCSCC1. The molecular weight excluding hydrogens is 222 g/mol. The third kappa shape index (κ3) is 4.72. The minimum Gasteiger partial charge on any atom is -0.354 e. The van der Waals surface area contributed by atoms with Crippen LogP contribution in [0, 0.1) is 0 Å². The Balaban J connectivity index is 2.37. The number of nitrogens with two attached hydrogens (primary N) is 1. The Hall–Kier alpha value is -0.260. The van der Waals surface area contributed by atoms with Crippen LogP contribution in [0.5, 0.6) is 0 Å². The molecule has 5 heteroatoms. The minimum atomic E-state index is 0.115. The summed E-state index contributed by atoms with van der Waals surface area (Å²) >= 11 is 1.97. The Morgan fingerprint density at radius 2 is 2.06 bits per heavy atom. The lowest BCUT2D eigenvalue weighted by Gasteiger charge is -2.33. The van der Waals surface area contributed by atoms with Crippen LogP contribution in [0.2, 0.25) is 0 Å². The molecule has 0 spiro atoms. The zero-order chi connectivity index (χ0) is 12.0. The summed E-state index contributed by atoms with van der Waals surface area (Å²) in [6, 6.07) is 0.419. The predicted molar refractivity (Wildman–Crippen MR) is 69.6 cm³/mol. The van der Waals surface area contributed by atoms with E-state index in [2.05, 4.69) is 10.2 Å². The molecule has 0 saturated carbocycles. The van der Waals surface area contributed by atoms with Crippen LogP contribution in [-0.2, 0) is 4.79 Å². The number of nitrogens with one attached hydrogen (secondary N) is 1. The van der Waals surface area contributed by atoms with Crippen molar-refractivity contribution in [1.29, 1.82) is 0 Å². The molecule has 1 heterocycles. The number of carbonyl (C=O) groups excluding carboxylic acids is 1. The van der Waals surface area contributed by atoms with Crippen molar-refractivity contribution in [3.63, 3.8) is 0 Å². The second kappa shape index (κ2) is 7.14. The van der Waals surface area contributed by atoms with Crippen LogP contribution < -0.4 is 11.1 Å².